The average Bonchev–Trinajstić information content (AvgIpc) is 2.36. The van der Waals surface area contributed by atoms with Gasteiger partial charge in [0.1, 0.15) is 0 Å². The minimum absolute atomic E-state index is 0.305. The van der Waals surface area contributed by atoms with Gasteiger partial charge in [0, 0.05) is 0 Å². The first-order valence-corrected chi connectivity index (χ1v) is 6.99. The molecule has 0 atom stereocenters. The van der Waals surface area contributed by atoms with Gasteiger partial charge in [-0.2, -0.15) is 8.78 Å². The third-order valence-corrected chi connectivity index (χ3v) is 3.82. The van der Waals surface area contributed by atoms with Gasteiger partial charge in [0.05, 0.1) is 17.9 Å². The fraction of sp³-hybridized carbons (Fsp3) is 0.364. The number of carbonyl (C=O) groups is 1. The number of hydrogen-bond acceptors (Lipinski definition) is 3. The van der Waals surface area contributed by atoms with Crippen molar-refractivity contribution in [1.82, 2.24) is 4.72 Å². The number of hydrogen-bond donors (Lipinski definition) is 2. The second kappa shape index (κ2) is 6.39. The van der Waals surface area contributed by atoms with Gasteiger partial charge in [-0.15, -0.1) is 0 Å². The van der Waals surface area contributed by atoms with Crippen molar-refractivity contribution in [3.8, 4) is 0 Å². The van der Waals surface area contributed by atoms with Crippen LogP contribution in [0.5, 0.6) is 0 Å². The summed E-state index contributed by atoms with van der Waals surface area (Å²) < 4.78 is 73.8. The quantitative estimate of drug-likeness (QED) is 0.743. The van der Waals surface area contributed by atoms with E-state index in [4.69, 9.17) is 5.11 Å². The molecule has 0 bridgehead atoms. The summed E-state index contributed by atoms with van der Waals surface area (Å²) >= 11 is 0. The van der Waals surface area contributed by atoms with Crippen LogP contribution in [0.25, 0.3) is 0 Å². The Bertz CT molecular complexity index is 601. The molecule has 1 aromatic carbocycles. The Labute approximate surface area is 117 Å². The van der Waals surface area contributed by atoms with Crippen LogP contribution < -0.4 is 4.72 Å². The molecule has 0 aliphatic heterocycles. The minimum atomic E-state index is -4.48. The molecule has 0 aliphatic carbocycles. The Morgan fingerprint density at radius 1 is 1.24 bits per heavy atom. The normalized spacial score (nSPS) is 12.6. The van der Waals surface area contributed by atoms with Gasteiger partial charge in [0.2, 0.25) is 10.0 Å². The predicted octanol–water partition coefficient (Wildman–Crippen LogP) is 1.49. The highest BCUT2D eigenvalue weighted by molar-refractivity contribution is 7.89. The van der Waals surface area contributed by atoms with Crippen LogP contribution in [-0.4, -0.2) is 38.4 Å². The minimum Gasteiger partial charge on any atom is -0.481 e. The van der Waals surface area contributed by atoms with Gasteiger partial charge >= 0.3 is 18.3 Å². The van der Waals surface area contributed by atoms with Crippen molar-refractivity contribution in [1.29, 1.82) is 0 Å². The van der Waals surface area contributed by atoms with E-state index in [1.54, 1.807) is 0 Å². The zero-order valence-corrected chi connectivity index (χ0v) is 11.2. The van der Waals surface area contributed by atoms with E-state index in [0.29, 0.717) is 5.56 Å². The molecule has 0 fully saturated rings. The van der Waals surface area contributed by atoms with Crippen molar-refractivity contribution in [3.05, 3.63) is 29.8 Å². The molecule has 0 heterocycles. The third kappa shape index (κ3) is 4.97. The van der Waals surface area contributed by atoms with Crippen LogP contribution in [0.2, 0.25) is 0 Å². The predicted molar refractivity (Wildman–Crippen MR) is 63.9 cm³/mol. The van der Waals surface area contributed by atoms with Crippen molar-refractivity contribution >= 4 is 16.0 Å². The molecule has 0 amide bonds. The summed E-state index contributed by atoms with van der Waals surface area (Å²) in [5.41, 5.74) is 0.305. The van der Waals surface area contributed by atoms with Crippen molar-refractivity contribution < 1.29 is 35.9 Å². The topological polar surface area (TPSA) is 83.5 Å². The van der Waals surface area contributed by atoms with Crippen molar-refractivity contribution in [2.24, 2.45) is 0 Å². The Morgan fingerprint density at radius 3 is 2.19 bits per heavy atom. The summed E-state index contributed by atoms with van der Waals surface area (Å²) in [6.07, 6.45) is -4.32. The second-order valence-corrected chi connectivity index (χ2v) is 5.87. The third-order valence-electron chi connectivity index (χ3n) is 2.41. The molecule has 0 saturated carbocycles. The molecule has 1 aromatic rings. The summed E-state index contributed by atoms with van der Waals surface area (Å²) in [6.45, 7) is -1.73. The molecule has 0 radical (unpaired) electrons. The number of aliphatic carboxylic acids is 1. The van der Waals surface area contributed by atoms with Crippen molar-refractivity contribution in [2.75, 3.05) is 6.54 Å². The van der Waals surface area contributed by atoms with Crippen LogP contribution in [0, 0.1) is 0 Å². The highest BCUT2D eigenvalue weighted by Gasteiger charge is 2.41. The number of alkyl halides is 4. The van der Waals surface area contributed by atoms with Crippen LogP contribution in [0.1, 0.15) is 5.56 Å². The average molecular weight is 329 g/mol. The van der Waals surface area contributed by atoms with Crippen molar-refractivity contribution in [2.45, 2.75) is 23.7 Å². The number of carboxylic acid groups (broad SMARTS) is 1. The summed E-state index contributed by atoms with van der Waals surface area (Å²) in [4.78, 5) is 10.0. The first kappa shape index (κ1) is 17.4. The Hall–Kier alpha value is -1.68. The van der Waals surface area contributed by atoms with Gasteiger partial charge in [0.25, 0.3) is 0 Å². The van der Waals surface area contributed by atoms with Gasteiger partial charge in [0.15, 0.2) is 0 Å². The van der Waals surface area contributed by atoms with Gasteiger partial charge in [-0.1, -0.05) is 12.1 Å². The molecule has 2 N–H and O–H groups in total. The number of sulfonamides is 1. The smallest absolute Gasteiger partial charge is 0.320 e. The maximum atomic E-state index is 12.7. The molecular formula is C11H11F4NO4S. The van der Waals surface area contributed by atoms with E-state index in [2.05, 4.69) is 0 Å². The van der Waals surface area contributed by atoms with Gasteiger partial charge in [-0.25, -0.2) is 21.9 Å². The summed E-state index contributed by atoms with van der Waals surface area (Å²) in [6, 6.07) is 4.38. The van der Waals surface area contributed by atoms with E-state index in [0.717, 1.165) is 12.1 Å². The lowest BCUT2D eigenvalue weighted by Gasteiger charge is -2.16. The number of benzene rings is 1. The van der Waals surface area contributed by atoms with E-state index in [1.165, 1.54) is 16.9 Å². The molecule has 21 heavy (non-hydrogen) atoms. The summed E-state index contributed by atoms with van der Waals surface area (Å²) in [5.74, 6) is -5.60. The maximum Gasteiger partial charge on any atom is 0.320 e. The molecule has 0 aromatic heterocycles. The molecule has 10 heteroatoms. The van der Waals surface area contributed by atoms with Crippen LogP contribution in [0.3, 0.4) is 0 Å². The number of carboxylic acids is 1. The molecule has 0 unspecified atom stereocenters. The first-order chi connectivity index (χ1) is 9.54. The van der Waals surface area contributed by atoms with E-state index in [1.807, 2.05) is 0 Å². The summed E-state index contributed by atoms with van der Waals surface area (Å²) in [5, 5.41) is 8.54. The van der Waals surface area contributed by atoms with Crippen molar-refractivity contribution in [3.63, 3.8) is 0 Å². The lowest BCUT2D eigenvalue weighted by Crippen LogP contribution is -2.41. The molecule has 5 nitrogen and oxygen atoms in total. The molecule has 0 spiro atoms. The highest BCUT2D eigenvalue weighted by Crippen LogP contribution is 2.22. The largest absolute Gasteiger partial charge is 0.481 e. The Balaban J connectivity index is 2.81. The number of rotatable bonds is 7. The zero-order valence-electron chi connectivity index (χ0n) is 10.4. The van der Waals surface area contributed by atoms with Gasteiger partial charge in [-0.3, -0.25) is 4.79 Å². The van der Waals surface area contributed by atoms with Crippen LogP contribution in [0.4, 0.5) is 17.6 Å². The summed E-state index contributed by atoms with van der Waals surface area (Å²) in [7, 11) is -4.38. The van der Waals surface area contributed by atoms with Gasteiger partial charge in [-0.05, 0) is 17.7 Å². The van der Waals surface area contributed by atoms with Crippen LogP contribution >= 0.6 is 0 Å². The molecule has 0 aliphatic rings. The monoisotopic (exact) mass is 329 g/mol. The molecule has 0 saturated heterocycles. The molecule has 118 valence electrons. The van der Waals surface area contributed by atoms with E-state index in [9.17, 15) is 30.8 Å². The Morgan fingerprint density at radius 2 is 1.76 bits per heavy atom. The van der Waals surface area contributed by atoms with E-state index >= 15 is 0 Å². The fourth-order valence-corrected chi connectivity index (χ4v) is 2.36. The maximum absolute atomic E-state index is 12.7. The fourth-order valence-electron chi connectivity index (χ4n) is 1.31. The standard InChI is InChI=1S/C11H11F4NO4S/c12-10(13)11(14,15)6-16-21(19,20)8-3-1-7(2-4-8)5-9(17)18/h1-4,10,16H,5-6H2,(H,17,18). The SMILES string of the molecule is O=C(O)Cc1ccc(S(=O)(=O)NCC(F)(F)C(F)F)cc1. The Kier molecular flexibility index (Phi) is 5.29. The number of nitrogens with one attached hydrogen (secondary N) is 1. The first-order valence-electron chi connectivity index (χ1n) is 5.51. The van der Waals surface area contributed by atoms with Crippen LogP contribution in [0.15, 0.2) is 29.2 Å². The van der Waals surface area contributed by atoms with Crippen LogP contribution in [-0.2, 0) is 21.2 Å². The van der Waals surface area contributed by atoms with E-state index < -0.39 is 39.8 Å². The second-order valence-electron chi connectivity index (χ2n) is 4.10. The van der Waals surface area contributed by atoms with E-state index in [-0.39, 0.29) is 6.42 Å². The zero-order chi connectivity index (χ0) is 16.3. The molecule has 1 rings (SSSR count). The molecular weight excluding hydrogens is 318 g/mol. The lowest BCUT2D eigenvalue weighted by molar-refractivity contribution is -0.136. The van der Waals surface area contributed by atoms with Gasteiger partial charge < -0.3 is 5.11 Å². The lowest BCUT2D eigenvalue weighted by atomic mass is 10.2. The highest BCUT2D eigenvalue weighted by atomic mass is 32.2. The number of halogens is 4.